The molecule has 2 heterocycles. The van der Waals surface area contributed by atoms with E-state index >= 15 is 0 Å². The number of ketones is 1. The number of carbonyl (C=O) groups excluding carboxylic acids is 1. The van der Waals surface area contributed by atoms with Gasteiger partial charge in [0.05, 0.1) is 24.4 Å². The monoisotopic (exact) mass is 306 g/mol. The van der Waals surface area contributed by atoms with Gasteiger partial charge in [0.2, 0.25) is 0 Å². The Morgan fingerprint density at radius 2 is 1.82 bits per heavy atom. The standard InChI is InChI=1S/C18H30N2O2/c1-11-7-8-16(22-11)13-9-14-17(15(21)10-13)20-18(19-14)12-5-3-2-4-6-12/h11-14,16-20H,2-10H2,1H3/t11?,13-,14?,16?,17?,18?/m1/s1. The molecule has 0 aromatic rings. The third-order valence-electron chi connectivity index (χ3n) is 6.43. The van der Waals surface area contributed by atoms with Crippen LogP contribution in [0.25, 0.3) is 0 Å². The third kappa shape index (κ3) is 2.85. The van der Waals surface area contributed by atoms with Crippen LogP contribution in [0.2, 0.25) is 0 Å². The van der Waals surface area contributed by atoms with Gasteiger partial charge in [0, 0.05) is 12.5 Å². The number of rotatable bonds is 2. The minimum Gasteiger partial charge on any atom is -0.375 e. The molecule has 4 rings (SSSR count). The lowest BCUT2D eigenvalue weighted by Crippen LogP contribution is -2.48. The van der Waals surface area contributed by atoms with Crippen molar-refractivity contribution in [2.24, 2.45) is 11.8 Å². The molecule has 2 saturated carbocycles. The number of hydrogen-bond donors (Lipinski definition) is 2. The maximum atomic E-state index is 12.6. The second-order valence-corrected chi connectivity index (χ2v) is 8.02. The fourth-order valence-corrected chi connectivity index (χ4v) is 5.20. The first kappa shape index (κ1) is 15.1. The molecule has 0 radical (unpaired) electrons. The van der Waals surface area contributed by atoms with E-state index in [-0.39, 0.29) is 6.04 Å². The largest absolute Gasteiger partial charge is 0.375 e. The van der Waals surface area contributed by atoms with E-state index in [0.29, 0.717) is 48.5 Å². The average molecular weight is 306 g/mol. The van der Waals surface area contributed by atoms with Crippen molar-refractivity contribution >= 4 is 5.78 Å². The molecule has 2 aliphatic carbocycles. The van der Waals surface area contributed by atoms with Crippen molar-refractivity contribution in [3.8, 4) is 0 Å². The van der Waals surface area contributed by atoms with Crippen molar-refractivity contribution < 1.29 is 9.53 Å². The lowest BCUT2D eigenvalue weighted by molar-refractivity contribution is -0.126. The summed E-state index contributed by atoms with van der Waals surface area (Å²) < 4.78 is 6.04. The van der Waals surface area contributed by atoms with Crippen molar-refractivity contribution in [1.29, 1.82) is 0 Å². The Morgan fingerprint density at radius 1 is 1.00 bits per heavy atom. The quantitative estimate of drug-likeness (QED) is 0.822. The predicted octanol–water partition coefficient (Wildman–Crippen LogP) is 2.37. The first-order valence-electron chi connectivity index (χ1n) is 9.41. The Balaban J connectivity index is 1.39. The number of nitrogens with one attached hydrogen (secondary N) is 2. The highest BCUT2D eigenvalue weighted by molar-refractivity contribution is 5.86. The molecule has 6 atom stereocenters. The fraction of sp³-hybridized carbons (Fsp3) is 0.944. The van der Waals surface area contributed by atoms with Crippen LogP contribution in [0.4, 0.5) is 0 Å². The van der Waals surface area contributed by atoms with E-state index in [1.807, 2.05) is 0 Å². The van der Waals surface area contributed by atoms with E-state index in [9.17, 15) is 4.79 Å². The zero-order valence-electron chi connectivity index (χ0n) is 13.7. The highest BCUT2D eigenvalue weighted by Crippen LogP contribution is 2.36. The number of fused-ring (bicyclic) bond motifs is 1. The first-order chi connectivity index (χ1) is 10.7. The molecule has 2 N–H and O–H groups in total. The molecule has 4 aliphatic rings. The van der Waals surface area contributed by atoms with Crippen LogP contribution in [0.5, 0.6) is 0 Å². The van der Waals surface area contributed by atoms with Gasteiger partial charge in [0.15, 0.2) is 5.78 Å². The molecule has 2 saturated heterocycles. The Bertz CT molecular complexity index is 421. The summed E-state index contributed by atoms with van der Waals surface area (Å²) in [5, 5.41) is 7.40. The van der Waals surface area contributed by atoms with Crippen LogP contribution in [0.1, 0.15) is 64.7 Å². The first-order valence-corrected chi connectivity index (χ1v) is 9.41. The minimum absolute atomic E-state index is 0.0574. The van der Waals surface area contributed by atoms with Crippen molar-refractivity contribution in [3.63, 3.8) is 0 Å². The van der Waals surface area contributed by atoms with Gasteiger partial charge in [-0.3, -0.25) is 15.4 Å². The van der Waals surface area contributed by atoms with Crippen molar-refractivity contribution in [2.45, 2.75) is 95.2 Å². The molecule has 0 bridgehead atoms. The summed E-state index contributed by atoms with van der Waals surface area (Å²) in [5.74, 6) is 1.56. The number of carbonyl (C=O) groups is 1. The van der Waals surface area contributed by atoms with E-state index in [2.05, 4.69) is 17.6 Å². The summed E-state index contributed by atoms with van der Waals surface area (Å²) in [6.07, 6.45) is 11.9. The topological polar surface area (TPSA) is 50.4 Å². The molecule has 5 unspecified atom stereocenters. The van der Waals surface area contributed by atoms with Crippen molar-refractivity contribution in [2.75, 3.05) is 0 Å². The summed E-state index contributed by atoms with van der Waals surface area (Å²) in [4.78, 5) is 12.6. The van der Waals surface area contributed by atoms with Gasteiger partial charge in [-0.15, -0.1) is 0 Å². The Hall–Kier alpha value is -0.450. The predicted molar refractivity (Wildman–Crippen MR) is 85.5 cm³/mol. The van der Waals surface area contributed by atoms with Gasteiger partial charge in [-0.25, -0.2) is 0 Å². The molecule has 0 spiro atoms. The van der Waals surface area contributed by atoms with Gasteiger partial charge in [-0.2, -0.15) is 0 Å². The summed E-state index contributed by atoms with van der Waals surface area (Å²) in [6, 6.07) is 0.389. The summed E-state index contributed by atoms with van der Waals surface area (Å²) in [5.41, 5.74) is 0. The zero-order valence-corrected chi connectivity index (χ0v) is 13.7. The van der Waals surface area contributed by atoms with Gasteiger partial charge < -0.3 is 4.74 Å². The molecule has 2 aliphatic heterocycles. The second kappa shape index (κ2) is 6.21. The van der Waals surface area contributed by atoms with Gasteiger partial charge >= 0.3 is 0 Å². The SMILES string of the molecule is CC1CCC([C@H]2CC(=O)C3NC(C4CCCCC4)NC3C2)O1. The maximum absolute atomic E-state index is 12.6. The lowest BCUT2D eigenvalue weighted by atomic mass is 9.79. The zero-order chi connectivity index (χ0) is 15.1. The van der Waals surface area contributed by atoms with Crippen LogP contribution in [0.15, 0.2) is 0 Å². The van der Waals surface area contributed by atoms with E-state index < -0.39 is 0 Å². The van der Waals surface area contributed by atoms with E-state index in [0.717, 1.165) is 19.3 Å². The van der Waals surface area contributed by atoms with E-state index in [1.165, 1.54) is 32.1 Å². The fourth-order valence-electron chi connectivity index (χ4n) is 5.20. The molecule has 22 heavy (non-hydrogen) atoms. The Labute approximate surface area is 133 Å². The Morgan fingerprint density at radius 3 is 2.55 bits per heavy atom. The van der Waals surface area contributed by atoms with Gasteiger partial charge in [0.1, 0.15) is 0 Å². The summed E-state index contributed by atoms with van der Waals surface area (Å²) >= 11 is 0. The number of hydrogen-bond acceptors (Lipinski definition) is 4. The molecule has 4 fully saturated rings. The maximum Gasteiger partial charge on any atom is 0.151 e. The molecule has 4 heteroatoms. The normalized spacial score (nSPS) is 46.9. The molecule has 0 amide bonds. The second-order valence-electron chi connectivity index (χ2n) is 8.02. The smallest absolute Gasteiger partial charge is 0.151 e. The van der Waals surface area contributed by atoms with Crippen LogP contribution in [-0.4, -0.2) is 36.2 Å². The van der Waals surface area contributed by atoms with Gasteiger partial charge in [-0.1, -0.05) is 19.3 Å². The van der Waals surface area contributed by atoms with Crippen LogP contribution in [0.3, 0.4) is 0 Å². The van der Waals surface area contributed by atoms with E-state index in [1.54, 1.807) is 0 Å². The van der Waals surface area contributed by atoms with Crippen LogP contribution in [0, 0.1) is 11.8 Å². The molecular formula is C18H30N2O2. The summed E-state index contributed by atoms with van der Waals surface area (Å²) in [7, 11) is 0. The number of ether oxygens (including phenoxy) is 1. The molecule has 4 nitrogen and oxygen atoms in total. The average Bonchev–Trinajstić information content (AvgIpc) is 3.14. The lowest BCUT2D eigenvalue weighted by Gasteiger charge is -2.33. The van der Waals surface area contributed by atoms with Crippen LogP contribution in [-0.2, 0) is 9.53 Å². The Kier molecular flexibility index (Phi) is 4.27. The number of Topliss-reactive ketones (excluding diaryl/α,β-unsaturated/α-hetero) is 1. The van der Waals surface area contributed by atoms with Crippen LogP contribution >= 0.6 is 0 Å². The third-order valence-corrected chi connectivity index (χ3v) is 6.43. The van der Waals surface area contributed by atoms with Crippen molar-refractivity contribution in [1.82, 2.24) is 10.6 Å². The highest BCUT2D eigenvalue weighted by atomic mass is 16.5. The highest BCUT2D eigenvalue weighted by Gasteiger charge is 2.47. The molecular weight excluding hydrogens is 276 g/mol. The molecule has 0 aromatic carbocycles. The summed E-state index contributed by atoms with van der Waals surface area (Å²) in [6.45, 7) is 2.15. The molecule has 0 aromatic heterocycles. The molecule has 124 valence electrons. The van der Waals surface area contributed by atoms with E-state index in [4.69, 9.17) is 4.74 Å². The van der Waals surface area contributed by atoms with Crippen molar-refractivity contribution in [3.05, 3.63) is 0 Å². The van der Waals surface area contributed by atoms with Crippen LogP contribution < -0.4 is 10.6 Å². The minimum atomic E-state index is 0.0574. The van der Waals surface area contributed by atoms with Gasteiger partial charge in [-0.05, 0) is 50.9 Å². The van der Waals surface area contributed by atoms with Gasteiger partial charge in [0.25, 0.3) is 0 Å².